The number of pyridine rings is 1. The van der Waals surface area contributed by atoms with E-state index in [9.17, 15) is 14.0 Å². The van der Waals surface area contributed by atoms with Crippen molar-refractivity contribution in [3.8, 4) is 0 Å². The number of carbonyl (C=O) groups is 2. The summed E-state index contributed by atoms with van der Waals surface area (Å²) in [7, 11) is 0. The largest absolute Gasteiger partial charge is 0.350 e. The molecule has 4 heterocycles. The third-order valence-corrected chi connectivity index (χ3v) is 7.34. The van der Waals surface area contributed by atoms with Crippen molar-refractivity contribution in [2.45, 2.75) is 51.6 Å². The predicted octanol–water partition coefficient (Wildman–Crippen LogP) is 3.23. The molecule has 2 aliphatic rings. The number of amides is 2. The second kappa shape index (κ2) is 9.21. The molecule has 3 aromatic rings. The molecule has 1 atom stereocenters. The highest BCUT2D eigenvalue weighted by atomic mass is 32.1. The average molecular weight is 484 g/mol. The van der Waals surface area contributed by atoms with Gasteiger partial charge in [0.15, 0.2) is 11.3 Å². The molecule has 1 saturated carbocycles. The van der Waals surface area contributed by atoms with Crippen molar-refractivity contribution in [2.75, 3.05) is 18.4 Å². The summed E-state index contributed by atoms with van der Waals surface area (Å²) in [5.41, 5.74) is 1.36. The molecular weight excluding hydrogens is 457 g/mol. The molecule has 1 saturated heterocycles. The summed E-state index contributed by atoms with van der Waals surface area (Å²) < 4.78 is 14.2. The molecule has 34 heavy (non-hydrogen) atoms. The van der Waals surface area contributed by atoms with E-state index < -0.39 is 5.82 Å². The number of aryl methyl sites for hydroxylation is 1. The maximum atomic E-state index is 13.6. The minimum atomic E-state index is -0.430. The molecule has 0 radical (unpaired) electrons. The zero-order valence-corrected chi connectivity index (χ0v) is 19.9. The summed E-state index contributed by atoms with van der Waals surface area (Å²) in [6.07, 6.45) is 6.82. The lowest BCUT2D eigenvalue weighted by Crippen LogP contribution is -2.61. The molecule has 178 valence electrons. The van der Waals surface area contributed by atoms with Gasteiger partial charge < -0.3 is 15.5 Å². The SMILES string of the molecule is Cc1nc2nc(N[C@@H](C)c3cncc(F)c3)nc(C(=O)N3CC(NC(=O)C4CCCC4)C3)c2s1. The van der Waals surface area contributed by atoms with E-state index in [-0.39, 0.29) is 41.5 Å². The average Bonchev–Trinajstić information content (AvgIpc) is 3.44. The number of nitrogens with zero attached hydrogens (tertiary/aromatic N) is 5. The molecule has 11 heteroatoms. The van der Waals surface area contributed by atoms with Crippen LogP contribution in [-0.2, 0) is 4.79 Å². The summed E-state index contributed by atoms with van der Waals surface area (Å²) in [5.74, 6) is -0.198. The van der Waals surface area contributed by atoms with Gasteiger partial charge in [-0.2, -0.15) is 4.98 Å². The van der Waals surface area contributed by atoms with Crippen LogP contribution < -0.4 is 10.6 Å². The lowest BCUT2D eigenvalue weighted by Gasteiger charge is -2.39. The van der Waals surface area contributed by atoms with Gasteiger partial charge in [0.2, 0.25) is 11.9 Å². The number of hydrogen-bond acceptors (Lipinski definition) is 8. The van der Waals surface area contributed by atoms with Gasteiger partial charge in [0.25, 0.3) is 5.91 Å². The van der Waals surface area contributed by atoms with Gasteiger partial charge in [-0.15, -0.1) is 11.3 Å². The third kappa shape index (κ3) is 4.56. The Morgan fingerprint density at radius 2 is 1.94 bits per heavy atom. The van der Waals surface area contributed by atoms with Crippen LogP contribution in [0.2, 0.25) is 0 Å². The van der Waals surface area contributed by atoms with Crippen LogP contribution in [0, 0.1) is 18.7 Å². The van der Waals surface area contributed by atoms with Gasteiger partial charge in [-0.25, -0.2) is 14.4 Å². The van der Waals surface area contributed by atoms with Crippen LogP contribution in [0.15, 0.2) is 18.5 Å². The van der Waals surface area contributed by atoms with E-state index in [2.05, 4.69) is 30.6 Å². The fraction of sp³-hybridized carbons (Fsp3) is 0.478. The number of hydrogen-bond donors (Lipinski definition) is 2. The van der Waals surface area contributed by atoms with E-state index in [1.807, 2.05) is 13.8 Å². The van der Waals surface area contributed by atoms with Crippen LogP contribution in [0.3, 0.4) is 0 Å². The number of thiazole rings is 1. The summed E-state index contributed by atoms with van der Waals surface area (Å²) in [5, 5.41) is 6.98. The monoisotopic (exact) mass is 483 g/mol. The quantitative estimate of drug-likeness (QED) is 0.553. The number of halogens is 1. The van der Waals surface area contributed by atoms with Crippen LogP contribution in [0.4, 0.5) is 10.3 Å². The number of rotatable bonds is 6. The van der Waals surface area contributed by atoms with Crippen LogP contribution in [0.5, 0.6) is 0 Å². The fourth-order valence-electron chi connectivity index (χ4n) is 4.47. The smallest absolute Gasteiger partial charge is 0.274 e. The van der Waals surface area contributed by atoms with Crippen molar-refractivity contribution in [2.24, 2.45) is 5.92 Å². The molecule has 0 bridgehead atoms. The molecular formula is C23H26FN7O2S. The van der Waals surface area contributed by atoms with E-state index in [1.54, 1.807) is 11.1 Å². The second-order valence-corrected chi connectivity index (χ2v) is 10.2. The second-order valence-electron chi connectivity index (χ2n) is 8.98. The van der Waals surface area contributed by atoms with Gasteiger partial charge in [0.05, 0.1) is 23.3 Å². The lowest BCUT2D eigenvalue weighted by molar-refractivity contribution is -0.126. The van der Waals surface area contributed by atoms with Gasteiger partial charge >= 0.3 is 0 Å². The Kier molecular flexibility index (Phi) is 6.11. The van der Waals surface area contributed by atoms with Crippen molar-refractivity contribution in [1.29, 1.82) is 0 Å². The molecule has 2 fully saturated rings. The standard InChI is InChI=1S/C23H26FN7O2S/c1-12(15-7-16(24)9-25-8-15)26-23-29-18(19-20(30-23)27-13(2)34-19)22(33)31-10-17(11-31)28-21(32)14-5-3-4-6-14/h7-9,12,14,17H,3-6,10-11H2,1-2H3,(H,28,32)(H,26,29,30)/t12-/m0/s1. The van der Waals surface area contributed by atoms with Crippen molar-refractivity contribution in [3.63, 3.8) is 0 Å². The van der Waals surface area contributed by atoms with Gasteiger partial charge in [0, 0.05) is 25.2 Å². The molecule has 3 aromatic heterocycles. The Morgan fingerprint density at radius 1 is 1.18 bits per heavy atom. The molecule has 9 nitrogen and oxygen atoms in total. The first-order valence-corrected chi connectivity index (χ1v) is 12.3. The lowest BCUT2D eigenvalue weighted by atomic mass is 10.0. The number of anilines is 1. The Bertz CT molecular complexity index is 1240. The number of aromatic nitrogens is 4. The summed E-state index contributed by atoms with van der Waals surface area (Å²) in [6, 6.07) is 1.03. The predicted molar refractivity (Wildman–Crippen MR) is 126 cm³/mol. The summed E-state index contributed by atoms with van der Waals surface area (Å²) in [6.45, 7) is 4.60. The minimum Gasteiger partial charge on any atom is -0.350 e. The maximum absolute atomic E-state index is 13.6. The number of nitrogens with one attached hydrogen (secondary N) is 2. The Morgan fingerprint density at radius 3 is 2.68 bits per heavy atom. The molecule has 0 aromatic carbocycles. The first-order chi connectivity index (χ1) is 16.4. The molecule has 1 aliphatic carbocycles. The van der Waals surface area contributed by atoms with Crippen molar-refractivity contribution < 1.29 is 14.0 Å². The van der Waals surface area contributed by atoms with Gasteiger partial charge in [0.1, 0.15) is 10.5 Å². The van der Waals surface area contributed by atoms with Gasteiger partial charge in [-0.1, -0.05) is 12.8 Å². The van der Waals surface area contributed by atoms with E-state index in [1.165, 1.54) is 17.4 Å². The van der Waals surface area contributed by atoms with Crippen LogP contribution in [0.1, 0.15) is 59.7 Å². The van der Waals surface area contributed by atoms with Crippen molar-refractivity contribution in [1.82, 2.24) is 30.2 Å². The molecule has 5 rings (SSSR count). The first kappa shape index (κ1) is 22.6. The van der Waals surface area contributed by atoms with Gasteiger partial charge in [-0.05, 0) is 38.3 Å². The third-order valence-electron chi connectivity index (χ3n) is 6.38. The Labute approximate surface area is 200 Å². The van der Waals surface area contributed by atoms with Crippen LogP contribution in [-0.4, -0.2) is 55.8 Å². The van der Waals surface area contributed by atoms with E-state index in [0.29, 0.717) is 29.0 Å². The summed E-state index contributed by atoms with van der Waals surface area (Å²) >= 11 is 1.37. The molecule has 2 amide bonds. The van der Waals surface area contributed by atoms with Crippen molar-refractivity contribution >= 4 is 39.4 Å². The normalized spacial score (nSPS) is 17.6. The Hall–Kier alpha value is -3.21. The van der Waals surface area contributed by atoms with E-state index >= 15 is 0 Å². The zero-order valence-electron chi connectivity index (χ0n) is 19.0. The van der Waals surface area contributed by atoms with Crippen LogP contribution in [0.25, 0.3) is 10.3 Å². The van der Waals surface area contributed by atoms with Gasteiger partial charge in [-0.3, -0.25) is 14.6 Å². The summed E-state index contributed by atoms with van der Waals surface area (Å²) in [4.78, 5) is 44.7. The zero-order chi connectivity index (χ0) is 23.8. The highest BCUT2D eigenvalue weighted by Gasteiger charge is 2.36. The Balaban J connectivity index is 1.31. The number of fused-ring (bicyclic) bond motifs is 1. The first-order valence-electron chi connectivity index (χ1n) is 11.5. The maximum Gasteiger partial charge on any atom is 0.274 e. The number of likely N-dealkylation sites (tertiary alicyclic amines) is 1. The van der Waals surface area contributed by atoms with E-state index in [4.69, 9.17) is 0 Å². The topological polar surface area (TPSA) is 113 Å². The van der Waals surface area contributed by atoms with E-state index in [0.717, 1.165) is 36.9 Å². The molecule has 0 spiro atoms. The molecule has 1 aliphatic heterocycles. The number of carbonyl (C=O) groups excluding carboxylic acids is 2. The molecule has 2 N–H and O–H groups in total. The highest BCUT2D eigenvalue weighted by Crippen LogP contribution is 2.29. The highest BCUT2D eigenvalue weighted by molar-refractivity contribution is 7.18. The minimum absolute atomic E-state index is 0.0318. The van der Waals surface area contributed by atoms with Crippen molar-refractivity contribution in [3.05, 3.63) is 40.5 Å². The van der Waals surface area contributed by atoms with Crippen LogP contribution >= 0.6 is 11.3 Å². The fourth-order valence-corrected chi connectivity index (χ4v) is 5.31. The molecule has 0 unspecified atom stereocenters.